The smallest absolute Gasteiger partial charge is 0.123 e. The number of nitrogens with zero attached hydrogens (tertiary/aromatic N) is 2. The van der Waals surface area contributed by atoms with Crippen LogP contribution in [0.25, 0.3) is 11.3 Å². The molecule has 0 saturated carbocycles. The summed E-state index contributed by atoms with van der Waals surface area (Å²) < 4.78 is 20.8. The number of ether oxygens (including phenoxy) is 1. The highest BCUT2D eigenvalue weighted by Gasteiger charge is 2.11. The summed E-state index contributed by atoms with van der Waals surface area (Å²) in [6.45, 7) is 0.965. The van der Waals surface area contributed by atoms with Crippen molar-refractivity contribution < 1.29 is 14.2 Å². The molecule has 0 bridgehead atoms. The van der Waals surface area contributed by atoms with E-state index in [9.17, 15) is 9.50 Å². The van der Waals surface area contributed by atoms with Crippen molar-refractivity contribution in [1.29, 1.82) is 0 Å². The van der Waals surface area contributed by atoms with Gasteiger partial charge in [0.25, 0.3) is 0 Å². The summed E-state index contributed by atoms with van der Waals surface area (Å²) in [5.74, 6) is 0.509. The number of hydrogen-bond acceptors (Lipinski definition) is 3. The largest absolute Gasteiger partial charge is 0.489 e. The first-order valence-electron chi connectivity index (χ1n) is 9.40. The molecule has 0 unspecified atom stereocenters. The highest BCUT2D eigenvalue weighted by Crippen LogP contribution is 2.23. The van der Waals surface area contributed by atoms with Crippen molar-refractivity contribution in [1.82, 2.24) is 9.78 Å². The number of aliphatic hydroxyl groups excluding tert-OH is 1. The van der Waals surface area contributed by atoms with Crippen LogP contribution >= 0.6 is 0 Å². The minimum atomic E-state index is -0.298. The molecule has 0 amide bonds. The molecule has 0 aliphatic carbocycles. The Hall–Kier alpha value is -3.44. The number of hydrogen-bond donors (Lipinski definition) is 1. The van der Waals surface area contributed by atoms with Gasteiger partial charge in [-0.25, -0.2) is 4.39 Å². The molecule has 0 aliphatic heterocycles. The average Bonchev–Trinajstić information content (AvgIpc) is 3.17. The van der Waals surface area contributed by atoms with Gasteiger partial charge in [0.1, 0.15) is 18.2 Å². The summed E-state index contributed by atoms with van der Waals surface area (Å²) in [7, 11) is 0. The Morgan fingerprint density at radius 1 is 0.862 bits per heavy atom. The Bertz CT molecular complexity index is 1060. The first kappa shape index (κ1) is 18.9. The van der Waals surface area contributed by atoms with E-state index in [2.05, 4.69) is 5.10 Å². The fourth-order valence-electron chi connectivity index (χ4n) is 3.13. The van der Waals surface area contributed by atoms with E-state index in [4.69, 9.17) is 4.74 Å². The second-order valence-corrected chi connectivity index (χ2v) is 6.78. The predicted octanol–water partition coefficient (Wildman–Crippen LogP) is 4.81. The molecule has 4 rings (SSSR count). The fourth-order valence-corrected chi connectivity index (χ4v) is 3.13. The molecule has 1 aromatic heterocycles. The molecule has 146 valence electrons. The van der Waals surface area contributed by atoms with Gasteiger partial charge in [-0.15, -0.1) is 0 Å². The minimum absolute atomic E-state index is 0.126. The van der Waals surface area contributed by atoms with Crippen molar-refractivity contribution in [3.05, 3.63) is 108 Å². The van der Waals surface area contributed by atoms with Gasteiger partial charge in [0.15, 0.2) is 0 Å². The molecular formula is C24H21FN2O2. The molecule has 0 fully saturated rings. The van der Waals surface area contributed by atoms with E-state index >= 15 is 0 Å². The Balaban J connectivity index is 1.44. The normalized spacial score (nSPS) is 10.8. The lowest BCUT2D eigenvalue weighted by Gasteiger charge is -2.07. The molecule has 0 aliphatic rings. The number of aliphatic hydroxyl groups is 1. The van der Waals surface area contributed by atoms with Crippen LogP contribution in [0.4, 0.5) is 4.39 Å². The van der Waals surface area contributed by atoms with Gasteiger partial charge < -0.3 is 9.84 Å². The summed E-state index contributed by atoms with van der Waals surface area (Å²) in [5.41, 5.74) is 4.33. The molecule has 0 spiro atoms. The maximum atomic E-state index is 13.2. The molecule has 3 aromatic carbocycles. The summed E-state index contributed by atoms with van der Waals surface area (Å²) in [4.78, 5) is 0. The van der Waals surface area contributed by atoms with Crippen LogP contribution in [0.15, 0.2) is 85.1 Å². The number of aromatic nitrogens is 2. The Labute approximate surface area is 168 Å². The van der Waals surface area contributed by atoms with Gasteiger partial charge in [0.05, 0.1) is 18.8 Å². The Kier molecular flexibility index (Phi) is 5.68. The van der Waals surface area contributed by atoms with E-state index in [1.807, 2.05) is 60.8 Å². The monoisotopic (exact) mass is 388 g/mol. The van der Waals surface area contributed by atoms with Crippen LogP contribution in [0.1, 0.15) is 16.7 Å². The summed E-state index contributed by atoms with van der Waals surface area (Å²) >= 11 is 0. The van der Waals surface area contributed by atoms with E-state index in [1.54, 1.807) is 16.8 Å². The zero-order valence-electron chi connectivity index (χ0n) is 15.8. The molecule has 0 saturated heterocycles. The first-order valence-corrected chi connectivity index (χ1v) is 9.40. The SMILES string of the molecule is OCc1cn(Cc2ccc(OCc3ccccc3)cc2)nc1-c1ccc(F)cc1. The van der Waals surface area contributed by atoms with Gasteiger partial charge in [-0.2, -0.15) is 5.10 Å². The van der Waals surface area contributed by atoms with E-state index in [0.717, 1.165) is 22.4 Å². The first-order chi connectivity index (χ1) is 14.2. The summed E-state index contributed by atoms with van der Waals surface area (Å²) in [6.07, 6.45) is 1.82. The molecule has 0 radical (unpaired) electrons. The second kappa shape index (κ2) is 8.71. The van der Waals surface area contributed by atoms with Crippen LogP contribution in [0, 0.1) is 5.82 Å². The van der Waals surface area contributed by atoms with Crippen LogP contribution in [-0.2, 0) is 19.8 Å². The lowest BCUT2D eigenvalue weighted by atomic mass is 10.1. The van der Waals surface area contributed by atoms with E-state index in [-0.39, 0.29) is 12.4 Å². The minimum Gasteiger partial charge on any atom is -0.489 e. The van der Waals surface area contributed by atoms with Crippen LogP contribution in [0.5, 0.6) is 5.75 Å². The van der Waals surface area contributed by atoms with Gasteiger partial charge in [-0.1, -0.05) is 42.5 Å². The molecule has 29 heavy (non-hydrogen) atoms. The van der Waals surface area contributed by atoms with E-state index in [0.29, 0.717) is 24.4 Å². The van der Waals surface area contributed by atoms with Gasteiger partial charge in [-0.05, 0) is 47.5 Å². The molecular weight excluding hydrogens is 367 g/mol. The molecule has 1 N–H and O–H groups in total. The topological polar surface area (TPSA) is 47.3 Å². The third-order valence-electron chi connectivity index (χ3n) is 4.64. The van der Waals surface area contributed by atoms with Gasteiger partial charge in [-0.3, -0.25) is 4.68 Å². The average molecular weight is 388 g/mol. The third kappa shape index (κ3) is 4.70. The number of halogens is 1. The van der Waals surface area contributed by atoms with Crippen LogP contribution in [0.2, 0.25) is 0 Å². The van der Waals surface area contributed by atoms with E-state index in [1.165, 1.54) is 12.1 Å². The van der Waals surface area contributed by atoms with Gasteiger partial charge >= 0.3 is 0 Å². The lowest BCUT2D eigenvalue weighted by molar-refractivity contribution is 0.282. The van der Waals surface area contributed by atoms with Crippen LogP contribution in [-0.4, -0.2) is 14.9 Å². The molecule has 5 heteroatoms. The standard InChI is InChI=1S/C24H21FN2O2/c25-22-10-8-20(9-11-22)24-21(16-28)15-27(26-24)14-18-6-12-23(13-7-18)29-17-19-4-2-1-3-5-19/h1-13,15,28H,14,16-17H2. The Morgan fingerprint density at radius 3 is 2.28 bits per heavy atom. The fraction of sp³-hybridized carbons (Fsp3) is 0.125. The molecule has 1 heterocycles. The van der Waals surface area contributed by atoms with Gasteiger partial charge in [0, 0.05) is 17.3 Å². The van der Waals surface area contributed by atoms with Crippen molar-refractivity contribution in [2.24, 2.45) is 0 Å². The van der Waals surface area contributed by atoms with Crippen LogP contribution < -0.4 is 4.74 Å². The summed E-state index contributed by atoms with van der Waals surface area (Å²) in [5, 5.41) is 14.2. The van der Waals surface area contributed by atoms with Crippen LogP contribution in [0.3, 0.4) is 0 Å². The lowest BCUT2D eigenvalue weighted by Crippen LogP contribution is -2.01. The van der Waals surface area contributed by atoms with Crippen molar-refractivity contribution in [3.63, 3.8) is 0 Å². The maximum absolute atomic E-state index is 13.2. The molecule has 4 aromatic rings. The molecule has 4 nitrogen and oxygen atoms in total. The predicted molar refractivity (Wildman–Crippen MR) is 110 cm³/mol. The highest BCUT2D eigenvalue weighted by atomic mass is 19.1. The molecule has 0 atom stereocenters. The number of benzene rings is 3. The number of rotatable bonds is 7. The highest BCUT2D eigenvalue weighted by molar-refractivity contribution is 5.62. The van der Waals surface area contributed by atoms with Gasteiger partial charge in [0.2, 0.25) is 0 Å². The quantitative estimate of drug-likeness (QED) is 0.494. The van der Waals surface area contributed by atoms with Crippen molar-refractivity contribution in [2.75, 3.05) is 0 Å². The Morgan fingerprint density at radius 2 is 1.59 bits per heavy atom. The zero-order valence-corrected chi connectivity index (χ0v) is 15.8. The third-order valence-corrected chi connectivity index (χ3v) is 4.64. The van der Waals surface area contributed by atoms with Crippen molar-refractivity contribution in [2.45, 2.75) is 19.8 Å². The maximum Gasteiger partial charge on any atom is 0.123 e. The summed E-state index contributed by atoms with van der Waals surface area (Å²) in [6, 6.07) is 24.0. The van der Waals surface area contributed by atoms with E-state index < -0.39 is 0 Å². The van der Waals surface area contributed by atoms with Crippen molar-refractivity contribution >= 4 is 0 Å². The zero-order chi connectivity index (χ0) is 20.1. The van der Waals surface area contributed by atoms with Crippen molar-refractivity contribution in [3.8, 4) is 17.0 Å². The second-order valence-electron chi connectivity index (χ2n) is 6.78.